The quantitative estimate of drug-likeness (QED) is 0.293. The van der Waals surface area contributed by atoms with E-state index in [0.29, 0.717) is 41.8 Å². The van der Waals surface area contributed by atoms with Crippen molar-refractivity contribution in [2.75, 3.05) is 0 Å². The standard InChI is InChI=1S/C31H48O5/c1-18(2)16-28(35-20(4)32)29(36-21(5)33)19(3)23-11-12-24-22-17-27(34)26-10-8-9-14-30(26,6)25(22)13-15-31(23,24)7/h8-9,18-19,22-26,28-29H,10-17H2,1-7H3/t19-,22-,23+,24-,25-,26+,28+,29+,30+,31+/m0/s1. The molecule has 4 aliphatic rings. The van der Waals surface area contributed by atoms with Crippen molar-refractivity contribution >= 4 is 17.7 Å². The smallest absolute Gasteiger partial charge is 0.303 e. The first-order chi connectivity index (χ1) is 16.9. The lowest BCUT2D eigenvalue weighted by Gasteiger charge is -2.59. The summed E-state index contributed by atoms with van der Waals surface area (Å²) in [5.41, 5.74) is 0.198. The molecular formula is C31H48O5. The summed E-state index contributed by atoms with van der Waals surface area (Å²) >= 11 is 0. The van der Waals surface area contributed by atoms with Crippen LogP contribution in [0.5, 0.6) is 0 Å². The summed E-state index contributed by atoms with van der Waals surface area (Å²) in [5, 5.41) is 0. The van der Waals surface area contributed by atoms with Crippen LogP contribution in [0.4, 0.5) is 0 Å². The van der Waals surface area contributed by atoms with Crippen LogP contribution in [0.1, 0.15) is 99.8 Å². The van der Waals surface area contributed by atoms with Crippen molar-refractivity contribution in [1.29, 1.82) is 0 Å². The zero-order valence-corrected chi connectivity index (χ0v) is 23.5. The molecular weight excluding hydrogens is 452 g/mol. The molecule has 5 nitrogen and oxygen atoms in total. The van der Waals surface area contributed by atoms with Crippen LogP contribution >= 0.6 is 0 Å². The van der Waals surface area contributed by atoms with Gasteiger partial charge < -0.3 is 9.47 Å². The lowest BCUT2D eigenvalue weighted by Crippen LogP contribution is -2.56. The molecule has 0 aromatic heterocycles. The number of hydrogen-bond acceptors (Lipinski definition) is 5. The molecule has 202 valence electrons. The van der Waals surface area contributed by atoms with E-state index in [1.807, 2.05) is 0 Å². The van der Waals surface area contributed by atoms with E-state index in [0.717, 1.165) is 38.5 Å². The van der Waals surface area contributed by atoms with E-state index < -0.39 is 12.2 Å². The Balaban J connectivity index is 1.61. The maximum absolute atomic E-state index is 13.4. The molecule has 0 unspecified atom stereocenters. The molecule has 5 heteroatoms. The van der Waals surface area contributed by atoms with E-state index in [1.54, 1.807) is 0 Å². The first-order valence-corrected chi connectivity index (χ1v) is 14.4. The minimum absolute atomic E-state index is 0.0730. The molecule has 0 aromatic carbocycles. The molecule has 0 saturated heterocycles. The van der Waals surface area contributed by atoms with Gasteiger partial charge in [0.1, 0.15) is 18.0 Å². The number of Topliss-reactive ketones (excluding diaryl/α,β-unsaturated/α-hetero) is 1. The fourth-order valence-electron chi connectivity index (χ4n) is 9.43. The van der Waals surface area contributed by atoms with Crippen LogP contribution in [0.3, 0.4) is 0 Å². The molecule has 0 bridgehead atoms. The summed E-state index contributed by atoms with van der Waals surface area (Å²) in [4.78, 5) is 37.6. The van der Waals surface area contributed by atoms with E-state index in [-0.39, 0.29) is 34.6 Å². The third-order valence-electron chi connectivity index (χ3n) is 10.9. The SMILES string of the molecule is CC(=O)O[C@H]([C@@H](C)[C@H]1CC[C@H]2[C@@H]3CC(=O)[C@H]4CC=CC[C@]4(C)[C@H]3CC[C@]12C)[C@@H](CC(C)C)OC(C)=O. The van der Waals surface area contributed by atoms with Gasteiger partial charge in [-0.25, -0.2) is 0 Å². The van der Waals surface area contributed by atoms with Crippen molar-refractivity contribution in [3.63, 3.8) is 0 Å². The molecule has 0 N–H and O–H groups in total. The number of hydrogen-bond donors (Lipinski definition) is 0. The largest absolute Gasteiger partial charge is 0.459 e. The average Bonchev–Trinajstić information content (AvgIpc) is 3.13. The first kappa shape index (κ1) is 27.4. The highest BCUT2D eigenvalue weighted by Gasteiger charge is 2.62. The van der Waals surface area contributed by atoms with Gasteiger partial charge in [-0.2, -0.15) is 0 Å². The van der Waals surface area contributed by atoms with Crippen LogP contribution < -0.4 is 0 Å². The number of ketones is 1. The topological polar surface area (TPSA) is 69.7 Å². The summed E-state index contributed by atoms with van der Waals surface area (Å²) in [6, 6.07) is 0. The van der Waals surface area contributed by atoms with Gasteiger partial charge in [0.15, 0.2) is 0 Å². The second-order valence-corrected chi connectivity index (χ2v) is 13.5. The molecule has 0 spiro atoms. The molecule has 3 fully saturated rings. The fraction of sp³-hybridized carbons (Fsp3) is 0.839. The molecule has 0 amide bonds. The Kier molecular flexibility index (Phi) is 7.80. The minimum atomic E-state index is -0.453. The highest BCUT2D eigenvalue weighted by Crippen LogP contribution is 2.67. The van der Waals surface area contributed by atoms with Crippen LogP contribution in [0.2, 0.25) is 0 Å². The van der Waals surface area contributed by atoms with Gasteiger partial charge in [-0.1, -0.05) is 46.8 Å². The van der Waals surface area contributed by atoms with Gasteiger partial charge >= 0.3 is 11.9 Å². The van der Waals surface area contributed by atoms with E-state index in [2.05, 4.69) is 46.8 Å². The van der Waals surface area contributed by atoms with E-state index >= 15 is 0 Å². The lowest BCUT2D eigenvalue weighted by molar-refractivity contribution is -0.176. The molecule has 3 saturated carbocycles. The minimum Gasteiger partial charge on any atom is -0.459 e. The second-order valence-electron chi connectivity index (χ2n) is 13.5. The summed E-state index contributed by atoms with van der Waals surface area (Å²) in [7, 11) is 0. The van der Waals surface area contributed by atoms with Gasteiger partial charge in [-0.3, -0.25) is 14.4 Å². The Hall–Kier alpha value is -1.65. The van der Waals surface area contributed by atoms with Crippen molar-refractivity contribution in [3.05, 3.63) is 12.2 Å². The van der Waals surface area contributed by atoms with Gasteiger partial charge in [0.25, 0.3) is 0 Å². The Bertz CT molecular complexity index is 891. The molecule has 36 heavy (non-hydrogen) atoms. The van der Waals surface area contributed by atoms with Crippen LogP contribution in [0.25, 0.3) is 0 Å². The van der Waals surface area contributed by atoms with Crippen LogP contribution in [-0.4, -0.2) is 29.9 Å². The summed E-state index contributed by atoms with van der Waals surface area (Å²) in [6.45, 7) is 14.1. The first-order valence-electron chi connectivity index (χ1n) is 14.4. The number of carbonyl (C=O) groups is 3. The number of rotatable bonds is 7. The fourth-order valence-corrected chi connectivity index (χ4v) is 9.43. The summed E-state index contributed by atoms with van der Waals surface area (Å²) < 4.78 is 11.7. The molecule has 4 aliphatic carbocycles. The van der Waals surface area contributed by atoms with Gasteiger partial charge in [-0.15, -0.1) is 0 Å². The van der Waals surface area contributed by atoms with Gasteiger partial charge in [0.05, 0.1) is 0 Å². The number of ether oxygens (including phenoxy) is 2. The predicted molar refractivity (Wildman–Crippen MR) is 140 cm³/mol. The second kappa shape index (κ2) is 10.3. The zero-order chi connectivity index (χ0) is 26.4. The van der Waals surface area contributed by atoms with Crippen LogP contribution in [-0.2, 0) is 23.9 Å². The predicted octanol–water partition coefficient (Wildman–Crippen LogP) is 6.54. The molecule has 10 atom stereocenters. The maximum atomic E-state index is 13.4. The van der Waals surface area contributed by atoms with Gasteiger partial charge in [0.2, 0.25) is 0 Å². The van der Waals surface area contributed by atoms with Crippen molar-refractivity contribution in [1.82, 2.24) is 0 Å². The Morgan fingerprint density at radius 3 is 2.28 bits per heavy atom. The molecule has 0 radical (unpaired) electrons. The number of carbonyl (C=O) groups excluding carboxylic acids is 3. The average molecular weight is 501 g/mol. The normalized spacial score (nSPS) is 40.0. The van der Waals surface area contributed by atoms with E-state index in [4.69, 9.17) is 9.47 Å². The maximum Gasteiger partial charge on any atom is 0.303 e. The molecule has 0 aromatic rings. The van der Waals surface area contributed by atoms with Gasteiger partial charge in [-0.05, 0) is 85.4 Å². The van der Waals surface area contributed by atoms with E-state index in [1.165, 1.54) is 20.3 Å². The summed E-state index contributed by atoms with van der Waals surface area (Å²) in [5.74, 6) is 2.36. The number of esters is 2. The van der Waals surface area contributed by atoms with Crippen LogP contribution in [0, 0.1) is 52.3 Å². The van der Waals surface area contributed by atoms with Crippen molar-refractivity contribution in [2.24, 2.45) is 52.3 Å². The molecule has 0 aliphatic heterocycles. The monoisotopic (exact) mass is 500 g/mol. The number of allylic oxidation sites excluding steroid dienone is 2. The Morgan fingerprint density at radius 2 is 1.64 bits per heavy atom. The van der Waals surface area contributed by atoms with Crippen LogP contribution in [0.15, 0.2) is 12.2 Å². The van der Waals surface area contributed by atoms with Crippen molar-refractivity contribution in [3.8, 4) is 0 Å². The van der Waals surface area contributed by atoms with E-state index in [9.17, 15) is 14.4 Å². The van der Waals surface area contributed by atoms with Crippen molar-refractivity contribution in [2.45, 2.75) is 112 Å². The summed E-state index contributed by atoms with van der Waals surface area (Å²) in [6.07, 6.45) is 11.5. The van der Waals surface area contributed by atoms with Crippen molar-refractivity contribution < 1.29 is 23.9 Å². The lowest BCUT2D eigenvalue weighted by atomic mass is 9.45. The molecule has 0 heterocycles. The zero-order valence-electron chi connectivity index (χ0n) is 23.5. The highest BCUT2D eigenvalue weighted by molar-refractivity contribution is 5.83. The molecule has 4 rings (SSSR count). The Labute approximate surface area is 218 Å². The number of fused-ring (bicyclic) bond motifs is 5. The third-order valence-corrected chi connectivity index (χ3v) is 10.9. The third kappa shape index (κ3) is 4.80. The van der Waals surface area contributed by atoms with Gasteiger partial charge in [0, 0.05) is 32.1 Å². The Morgan fingerprint density at radius 1 is 0.972 bits per heavy atom. The highest BCUT2D eigenvalue weighted by atomic mass is 16.6.